The van der Waals surface area contributed by atoms with Gasteiger partial charge in [0.05, 0.1) is 55.1 Å². The quantitative estimate of drug-likeness (QED) is 0.173. The van der Waals surface area contributed by atoms with Gasteiger partial charge in [-0.3, -0.25) is 14.6 Å². The van der Waals surface area contributed by atoms with Gasteiger partial charge in [0.25, 0.3) is 0 Å². The number of hydrogen-bond acceptors (Lipinski definition) is 9. The Balaban J connectivity index is 1.78. The first kappa shape index (κ1) is 36.9. The number of fused-ring (bicyclic) bond motifs is 11. The highest BCUT2D eigenvalue weighted by atomic mass is 16.5. The summed E-state index contributed by atoms with van der Waals surface area (Å²) in [5, 5.41) is 0. The predicted octanol–water partition coefficient (Wildman–Crippen LogP) is 7.22. The number of rotatable bonds is 9. The van der Waals surface area contributed by atoms with E-state index in [1.165, 1.54) is 21.3 Å². The molecule has 11 heteroatoms. The average Bonchev–Trinajstić information content (AvgIpc) is 3.79. The lowest BCUT2D eigenvalue weighted by Gasteiger charge is -2.36. The van der Waals surface area contributed by atoms with Gasteiger partial charge in [-0.15, -0.1) is 0 Å². The third-order valence-electron chi connectivity index (χ3n) is 10.9. The number of esters is 3. The standard InChI is InChI=1S/C42H44N4O7/c1-10-25-22(3)31-18-36-29-15-13-28(40(49)52-8)39(41(50)53-9)42(29,6)37(46-36)20-32-24(5)27(14-16-38(48)51-7)35(45-32)19-34-26(12-11-21(2)47)23(4)30(44-34)17-33(25)43-31/h10,13,15,17-20,39,43,45H,1,11-12,14,16H2,2-9H3/t39-,42+/m0/s1. The van der Waals surface area contributed by atoms with Crippen LogP contribution in [-0.2, 0) is 45.2 Å². The minimum absolute atomic E-state index is 0.0781. The van der Waals surface area contributed by atoms with Gasteiger partial charge in [-0.25, -0.2) is 9.78 Å². The van der Waals surface area contributed by atoms with Gasteiger partial charge < -0.3 is 29.0 Å². The fourth-order valence-corrected chi connectivity index (χ4v) is 7.75. The summed E-state index contributed by atoms with van der Waals surface area (Å²) in [6.07, 6.45) is 6.62. The molecule has 0 spiro atoms. The number of aromatic amines is 2. The number of allylic oxidation sites excluding steroid dienone is 5. The lowest BCUT2D eigenvalue weighted by molar-refractivity contribution is -0.149. The van der Waals surface area contributed by atoms with Crippen molar-refractivity contribution in [2.75, 3.05) is 21.3 Å². The zero-order valence-corrected chi connectivity index (χ0v) is 31.4. The van der Waals surface area contributed by atoms with Gasteiger partial charge in [0.15, 0.2) is 0 Å². The number of hydrogen-bond donors (Lipinski definition) is 2. The zero-order chi connectivity index (χ0) is 38.4. The summed E-state index contributed by atoms with van der Waals surface area (Å²) in [5.41, 5.74) is 10.8. The van der Waals surface area contributed by atoms with E-state index in [1.54, 1.807) is 19.1 Å². The maximum atomic E-state index is 13.7. The van der Waals surface area contributed by atoms with Crippen molar-refractivity contribution in [1.29, 1.82) is 0 Å². The molecule has 0 saturated carbocycles. The van der Waals surface area contributed by atoms with Crippen molar-refractivity contribution in [1.82, 2.24) is 19.9 Å². The van der Waals surface area contributed by atoms with Crippen LogP contribution in [0.25, 0.3) is 44.9 Å². The largest absolute Gasteiger partial charge is 0.469 e. The summed E-state index contributed by atoms with van der Waals surface area (Å²) < 4.78 is 15.4. The van der Waals surface area contributed by atoms with E-state index in [0.717, 1.165) is 61.2 Å². The molecule has 1 aliphatic carbocycles. The Kier molecular flexibility index (Phi) is 9.96. The van der Waals surface area contributed by atoms with Crippen LogP contribution in [0.15, 0.2) is 48.6 Å². The summed E-state index contributed by atoms with van der Waals surface area (Å²) in [6, 6.07) is 7.80. The van der Waals surface area contributed by atoms with E-state index < -0.39 is 23.3 Å². The topological polar surface area (TPSA) is 153 Å². The highest BCUT2D eigenvalue weighted by molar-refractivity contribution is 6.02. The lowest BCUT2D eigenvalue weighted by atomic mass is 9.64. The van der Waals surface area contributed by atoms with Gasteiger partial charge in [-0.2, -0.15) is 0 Å². The first-order valence-electron chi connectivity index (χ1n) is 17.5. The number of carbonyl (C=O) groups is 4. The van der Waals surface area contributed by atoms with Crippen LogP contribution in [0.4, 0.5) is 0 Å². The molecule has 2 N–H and O–H groups in total. The fourth-order valence-electron chi connectivity index (χ4n) is 7.75. The number of Topliss-reactive ketones (excluding diaryl/α,β-unsaturated/α-hetero) is 1. The molecule has 0 unspecified atom stereocenters. The molecular formula is C42H44N4O7. The molecule has 11 nitrogen and oxygen atoms in total. The van der Waals surface area contributed by atoms with Crippen LogP contribution < -0.4 is 0 Å². The van der Waals surface area contributed by atoms with E-state index in [4.69, 9.17) is 24.2 Å². The van der Waals surface area contributed by atoms with Crippen molar-refractivity contribution < 1.29 is 33.4 Å². The van der Waals surface area contributed by atoms with E-state index in [9.17, 15) is 19.2 Å². The van der Waals surface area contributed by atoms with Crippen LogP contribution in [0.5, 0.6) is 0 Å². The number of nitrogens with zero attached hydrogens (tertiary/aromatic N) is 2. The number of ketones is 1. The highest BCUT2D eigenvalue weighted by Crippen LogP contribution is 2.52. The monoisotopic (exact) mass is 716 g/mol. The molecule has 2 aliphatic heterocycles. The van der Waals surface area contributed by atoms with Gasteiger partial charge in [0.1, 0.15) is 11.7 Å². The number of aromatic nitrogens is 4. The maximum Gasteiger partial charge on any atom is 0.334 e. The van der Waals surface area contributed by atoms with E-state index in [0.29, 0.717) is 41.9 Å². The Hall–Kier alpha value is -5.84. The molecule has 5 heterocycles. The van der Waals surface area contributed by atoms with Crippen molar-refractivity contribution >= 4 is 68.6 Å². The number of nitrogens with one attached hydrogen (secondary N) is 2. The third kappa shape index (κ3) is 6.34. The second-order valence-electron chi connectivity index (χ2n) is 13.8. The number of ether oxygens (including phenoxy) is 3. The molecule has 8 bridgehead atoms. The molecule has 0 fully saturated rings. The molecule has 0 aromatic carbocycles. The molecule has 274 valence electrons. The normalized spacial score (nSPS) is 17.8. The minimum atomic E-state index is -1.14. The van der Waals surface area contributed by atoms with Gasteiger partial charge >= 0.3 is 17.9 Å². The van der Waals surface area contributed by atoms with Crippen molar-refractivity contribution in [2.45, 2.75) is 65.7 Å². The van der Waals surface area contributed by atoms with Crippen molar-refractivity contribution in [2.24, 2.45) is 5.92 Å². The van der Waals surface area contributed by atoms with Crippen LogP contribution in [0.1, 0.15) is 85.1 Å². The molecule has 0 saturated heterocycles. The summed E-state index contributed by atoms with van der Waals surface area (Å²) in [7, 11) is 3.94. The summed E-state index contributed by atoms with van der Waals surface area (Å²) in [4.78, 5) is 68.8. The van der Waals surface area contributed by atoms with E-state index in [2.05, 4.69) is 16.5 Å². The van der Waals surface area contributed by atoms with Crippen LogP contribution >= 0.6 is 0 Å². The molecule has 3 aliphatic rings. The molecule has 3 aromatic rings. The van der Waals surface area contributed by atoms with E-state index >= 15 is 0 Å². The van der Waals surface area contributed by atoms with Crippen molar-refractivity contribution in [3.05, 3.63) is 93.6 Å². The minimum Gasteiger partial charge on any atom is -0.469 e. The van der Waals surface area contributed by atoms with E-state index in [1.807, 2.05) is 58.0 Å². The summed E-state index contributed by atoms with van der Waals surface area (Å²) in [6.45, 7) is 13.5. The van der Waals surface area contributed by atoms with E-state index in [-0.39, 0.29) is 23.7 Å². The van der Waals surface area contributed by atoms with Crippen LogP contribution in [-0.4, -0.2) is 65.0 Å². The summed E-state index contributed by atoms with van der Waals surface area (Å²) >= 11 is 0. The second-order valence-corrected chi connectivity index (χ2v) is 13.8. The number of methoxy groups -OCH3 is 3. The number of aryl methyl sites for hydroxylation is 3. The Bertz CT molecular complexity index is 2370. The van der Waals surface area contributed by atoms with Gasteiger partial charge in [0.2, 0.25) is 0 Å². The van der Waals surface area contributed by atoms with Crippen molar-refractivity contribution in [3.8, 4) is 0 Å². The zero-order valence-electron chi connectivity index (χ0n) is 31.4. The molecule has 0 radical (unpaired) electrons. The lowest BCUT2D eigenvalue weighted by Crippen LogP contribution is -2.42. The highest BCUT2D eigenvalue weighted by Gasteiger charge is 2.53. The molecule has 3 aromatic heterocycles. The van der Waals surface area contributed by atoms with Crippen LogP contribution in [0, 0.1) is 19.8 Å². The van der Waals surface area contributed by atoms with Gasteiger partial charge in [-0.1, -0.05) is 24.8 Å². The molecule has 6 rings (SSSR count). The fraction of sp³-hybridized carbons (Fsp3) is 0.333. The van der Waals surface area contributed by atoms with Crippen LogP contribution in [0.2, 0.25) is 0 Å². The molecule has 53 heavy (non-hydrogen) atoms. The molecule has 2 atom stereocenters. The number of carbonyl (C=O) groups excluding carboxylic acids is 4. The van der Waals surface area contributed by atoms with Gasteiger partial charge in [0, 0.05) is 40.5 Å². The summed E-state index contributed by atoms with van der Waals surface area (Å²) in [5.74, 6) is -2.58. The first-order chi connectivity index (χ1) is 25.3. The Morgan fingerprint density at radius 1 is 0.811 bits per heavy atom. The Labute approximate surface area is 307 Å². The molecule has 0 amide bonds. The third-order valence-corrected chi connectivity index (χ3v) is 10.9. The Morgan fingerprint density at radius 2 is 1.49 bits per heavy atom. The number of H-pyrrole nitrogens is 2. The Morgan fingerprint density at radius 3 is 2.15 bits per heavy atom. The molecular weight excluding hydrogens is 672 g/mol. The van der Waals surface area contributed by atoms with Crippen molar-refractivity contribution in [3.63, 3.8) is 0 Å². The first-order valence-corrected chi connectivity index (χ1v) is 17.5. The smallest absolute Gasteiger partial charge is 0.334 e. The van der Waals surface area contributed by atoms with Gasteiger partial charge in [-0.05, 0) is 105 Å². The second kappa shape index (κ2) is 14.3. The maximum absolute atomic E-state index is 13.7. The predicted molar refractivity (Wildman–Crippen MR) is 204 cm³/mol. The average molecular weight is 717 g/mol. The van der Waals surface area contributed by atoms with Crippen LogP contribution in [0.3, 0.4) is 0 Å². The SMILES string of the molecule is C=Cc1c(C)c2cc3nc(cc4[nH]c(cc5nc(cc1[nH]2)C(C)=C5CCC(C)=O)c(CCC(=O)OC)c4C)[C@@]1(C)C3=CC=C(C(=O)OC)[C@H]1C(=O)OC.